The Labute approximate surface area is 85.7 Å². The van der Waals surface area contributed by atoms with Gasteiger partial charge in [0.25, 0.3) is 0 Å². The third-order valence-electron chi connectivity index (χ3n) is 2.50. The van der Waals surface area contributed by atoms with Crippen LogP contribution in [0.3, 0.4) is 0 Å². The minimum Gasteiger partial charge on any atom is -0.385 e. The number of aliphatic hydroxyl groups is 1. The van der Waals surface area contributed by atoms with Crippen LogP contribution in [-0.4, -0.2) is 17.0 Å². The lowest BCUT2D eigenvalue weighted by molar-refractivity contribution is -0.127. The lowest BCUT2D eigenvalue weighted by Crippen LogP contribution is -2.19. The third kappa shape index (κ3) is 4.43. The second-order valence-corrected chi connectivity index (χ2v) is 3.79. The van der Waals surface area contributed by atoms with Crippen molar-refractivity contribution < 1.29 is 9.90 Å². The van der Waals surface area contributed by atoms with E-state index in [0.29, 0.717) is 12.8 Å². The van der Waals surface area contributed by atoms with Gasteiger partial charge in [-0.1, -0.05) is 0 Å². The Bertz CT molecular complexity index is 234. The van der Waals surface area contributed by atoms with Crippen LogP contribution in [0.1, 0.15) is 51.4 Å². The van der Waals surface area contributed by atoms with Crippen molar-refractivity contribution in [2.75, 3.05) is 0 Å². The summed E-state index contributed by atoms with van der Waals surface area (Å²) in [5, 5.41) is 9.48. The Kier molecular flexibility index (Phi) is 5.32. The van der Waals surface area contributed by atoms with E-state index in [4.69, 9.17) is 0 Å². The van der Waals surface area contributed by atoms with E-state index >= 15 is 0 Å². The lowest BCUT2D eigenvalue weighted by atomic mass is 10.0. The van der Waals surface area contributed by atoms with Crippen molar-refractivity contribution >= 4 is 5.78 Å². The summed E-state index contributed by atoms with van der Waals surface area (Å²) in [5.41, 5.74) is 0. The summed E-state index contributed by atoms with van der Waals surface area (Å²) in [5.74, 6) is 6.23. The highest BCUT2D eigenvalue weighted by atomic mass is 16.3. The molecule has 0 saturated heterocycles. The van der Waals surface area contributed by atoms with Gasteiger partial charge in [0.05, 0.1) is 0 Å². The van der Waals surface area contributed by atoms with Crippen molar-refractivity contribution in [3.63, 3.8) is 0 Å². The van der Waals surface area contributed by atoms with Gasteiger partial charge in [-0.05, 0) is 32.1 Å². The molecule has 0 heterocycles. The van der Waals surface area contributed by atoms with E-state index in [1.807, 2.05) is 0 Å². The summed E-state index contributed by atoms with van der Waals surface area (Å²) >= 11 is 0. The molecule has 1 atom stereocenters. The molecule has 2 nitrogen and oxygen atoms in total. The standard InChI is InChI=1S/C12H18O2/c13-11-9-7-5-3-1-2-4-6-8-10-12(11)14/h11,13H,3-10H2. The normalized spacial score (nSPS) is 25.5. The number of hydrogen-bond donors (Lipinski definition) is 1. The number of carbonyl (C=O) groups excluding carboxylic acids is 1. The maximum atomic E-state index is 11.3. The maximum Gasteiger partial charge on any atom is 0.161 e. The fraction of sp³-hybridized carbons (Fsp3) is 0.750. The second kappa shape index (κ2) is 6.62. The summed E-state index contributed by atoms with van der Waals surface area (Å²) in [6, 6.07) is 0. The molecular weight excluding hydrogens is 176 g/mol. The molecule has 0 saturated carbocycles. The number of ketones is 1. The topological polar surface area (TPSA) is 37.3 Å². The highest BCUT2D eigenvalue weighted by Crippen LogP contribution is 2.09. The monoisotopic (exact) mass is 194 g/mol. The first-order valence-electron chi connectivity index (χ1n) is 5.47. The van der Waals surface area contributed by atoms with Crippen molar-refractivity contribution in [3.8, 4) is 11.8 Å². The van der Waals surface area contributed by atoms with Gasteiger partial charge in [0, 0.05) is 19.3 Å². The van der Waals surface area contributed by atoms with Crippen LogP contribution >= 0.6 is 0 Å². The molecule has 2 heteroatoms. The quantitative estimate of drug-likeness (QED) is 0.599. The number of hydrogen-bond acceptors (Lipinski definition) is 2. The van der Waals surface area contributed by atoms with Crippen LogP contribution in [-0.2, 0) is 4.79 Å². The minimum absolute atomic E-state index is 0.0125. The Morgan fingerprint density at radius 3 is 2.43 bits per heavy atom. The average molecular weight is 194 g/mol. The fourth-order valence-corrected chi connectivity index (χ4v) is 1.57. The molecule has 1 N–H and O–H groups in total. The number of Topliss-reactive ketones (excluding diaryl/α,β-unsaturated/α-hetero) is 1. The predicted molar refractivity (Wildman–Crippen MR) is 55.7 cm³/mol. The highest BCUT2D eigenvalue weighted by molar-refractivity contribution is 5.82. The first-order chi connectivity index (χ1) is 6.80. The van der Waals surface area contributed by atoms with E-state index in [2.05, 4.69) is 11.8 Å². The van der Waals surface area contributed by atoms with Gasteiger partial charge in [0.1, 0.15) is 6.10 Å². The van der Waals surface area contributed by atoms with E-state index in [1.165, 1.54) is 0 Å². The Hall–Kier alpha value is -0.810. The molecule has 0 aromatic carbocycles. The Balaban J connectivity index is 2.38. The van der Waals surface area contributed by atoms with Crippen molar-refractivity contribution in [3.05, 3.63) is 0 Å². The number of aliphatic hydroxyl groups excluding tert-OH is 1. The summed E-state index contributed by atoms with van der Waals surface area (Å²) in [7, 11) is 0. The molecule has 14 heavy (non-hydrogen) atoms. The zero-order valence-corrected chi connectivity index (χ0v) is 8.59. The zero-order valence-electron chi connectivity index (χ0n) is 8.59. The van der Waals surface area contributed by atoms with Crippen LogP contribution in [0.4, 0.5) is 0 Å². The van der Waals surface area contributed by atoms with Crippen molar-refractivity contribution in [1.29, 1.82) is 0 Å². The van der Waals surface area contributed by atoms with E-state index in [0.717, 1.165) is 38.5 Å². The summed E-state index contributed by atoms with van der Waals surface area (Å²) in [4.78, 5) is 11.3. The van der Waals surface area contributed by atoms with Crippen LogP contribution in [0.5, 0.6) is 0 Å². The molecule has 1 aliphatic rings. The summed E-state index contributed by atoms with van der Waals surface area (Å²) < 4.78 is 0. The van der Waals surface area contributed by atoms with Gasteiger partial charge in [-0.3, -0.25) is 4.79 Å². The molecular formula is C12H18O2. The van der Waals surface area contributed by atoms with Gasteiger partial charge in [0.15, 0.2) is 5.78 Å². The van der Waals surface area contributed by atoms with Crippen molar-refractivity contribution in [2.24, 2.45) is 0 Å². The van der Waals surface area contributed by atoms with E-state index in [1.54, 1.807) is 0 Å². The fourth-order valence-electron chi connectivity index (χ4n) is 1.57. The largest absolute Gasteiger partial charge is 0.385 e. The molecule has 0 aliphatic heterocycles. The van der Waals surface area contributed by atoms with Crippen LogP contribution < -0.4 is 0 Å². The van der Waals surface area contributed by atoms with Crippen molar-refractivity contribution in [2.45, 2.75) is 57.5 Å². The highest BCUT2D eigenvalue weighted by Gasteiger charge is 2.13. The van der Waals surface area contributed by atoms with Gasteiger partial charge in [0.2, 0.25) is 0 Å². The minimum atomic E-state index is -0.720. The second-order valence-electron chi connectivity index (χ2n) is 3.79. The van der Waals surface area contributed by atoms with Gasteiger partial charge >= 0.3 is 0 Å². The molecule has 0 radical (unpaired) electrons. The smallest absolute Gasteiger partial charge is 0.161 e. The molecule has 0 fully saturated rings. The molecule has 0 bridgehead atoms. The van der Waals surface area contributed by atoms with Crippen LogP contribution in [0, 0.1) is 11.8 Å². The summed E-state index contributed by atoms with van der Waals surface area (Å²) in [6.45, 7) is 0. The number of carbonyl (C=O) groups is 1. The molecule has 78 valence electrons. The molecule has 1 rings (SSSR count). The molecule has 0 amide bonds. The lowest BCUT2D eigenvalue weighted by Gasteiger charge is -2.08. The molecule has 1 unspecified atom stereocenters. The zero-order chi connectivity index (χ0) is 10.2. The van der Waals surface area contributed by atoms with Crippen LogP contribution in [0.15, 0.2) is 0 Å². The SMILES string of the molecule is O=C1CCCCC#CCCCCC1O. The van der Waals surface area contributed by atoms with E-state index in [-0.39, 0.29) is 5.78 Å². The van der Waals surface area contributed by atoms with Gasteiger partial charge in [-0.2, -0.15) is 0 Å². The van der Waals surface area contributed by atoms with E-state index < -0.39 is 6.10 Å². The third-order valence-corrected chi connectivity index (χ3v) is 2.50. The van der Waals surface area contributed by atoms with Gasteiger partial charge < -0.3 is 5.11 Å². The average Bonchev–Trinajstić information content (AvgIpc) is 2.18. The van der Waals surface area contributed by atoms with Crippen molar-refractivity contribution in [1.82, 2.24) is 0 Å². The maximum absolute atomic E-state index is 11.3. The molecule has 0 spiro atoms. The van der Waals surface area contributed by atoms with Crippen LogP contribution in [0.2, 0.25) is 0 Å². The summed E-state index contributed by atoms with van der Waals surface area (Å²) in [6.07, 6.45) is 5.95. The first-order valence-corrected chi connectivity index (χ1v) is 5.47. The van der Waals surface area contributed by atoms with Crippen LogP contribution in [0.25, 0.3) is 0 Å². The van der Waals surface area contributed by atoms with E-state index in [9.17, 15) is 9.90 Å². The van der Waals surface area contributed by atoms with Gasteiger partial charge in [-0.25, -0.2) is 0 Å². The predicted octanol–water partition coefficient (Wildman–Crippen LogP) is 2.05. The Morgan fingerprint density at radius 1 is 1.07 bits per heavy atom. The first kappa shape index (κ1) is 11.3. The molecule has 0 aromatic heterocycles. The number of rotatable bonds is 0. The van der Waals surface area contributed by atoms with Gasteiger partial charge in [-0.15, -0.1) is 11.8 Å². The molecule has 1 aliphatic carbocycles. The molecule has 0 aromatic rings. The Morgan fingerprint density at radius 2 is 1.71 bits per heavy atom.